The number of methoxy groups -OCH3 is 1. The maximum atomic E-state index is 14.2. The summed E-state index contributed by atoms with van der Waals surface area (Å²) in [5.41, 5.74) is 10.9. The molecule has 5 aromatic rings. The van der Waals surface area contributed by atoms with Gasteiger partial charge in [-0.2, -0.15) is 9.61 Å². The van der Waals surface area contributed by atoms with Crippen LogP contribution < -0.4 is 10.5 Å². The summed E-state index contributed by atoms with van der Waals surface area (Å²) in [4.78, 5) is 27.5. The molecule has 3 atom stereocenters. The van der Waals surface area contributed by atoms with Crippen LogP contribution in [0.2, 0.25) is 0 Å². The number of aromatic nitrogens is 7. The summed E-state index contributed by atoms with van der Waals surface area (Å²) in [5, 5.41) is 12.2. The molecule has 1 aromatic carbocycles. The Labute approximate surface area is 242 Å². The van der Waals surface area contributed by atoms with Gasteiger partial charge < -0.3 is 20.4 Å². The molecule has 0 spiro atoms. The molecule has 2 fully saturated rings. The van der Waals surface area contributed by atoms with Crippen LogP contribution in [0, 0.1) is 5.82 Å². The molecule has 0 aliphatic carbocycles. The third-order valence-corrected chi connectivity index (χ3v) is 8.96. The van der Waals surface area contributed by atoms with Crippen LogP contribution >= 0.6 is 15.9 Å². The quantitative estimate of drug-likeness (QED) is 0.291. The van der Waals surface area contributed by atoms with Gasteiger partial charge in [-0.3, -0.25) is 9.78 Å². The number of carbonyl (C=O) groups is 1. The van der Waals surface area contributed by atoms with Gasteiger partial charge in [0, 0.05) is 40.9 Å². The number of hydrogen-bond acceptors (Lipinski definition) is 8. The summed E-state index contributed by atoms with van der Waals surface area (Å²) >= 11 is 3.69. The molecule has 41 heavy (non-hydrogen) atoms. The summed E-state index contributed by atoms with van der Waals surface area (Å²) in [5.74, 6) is 0.469. The lowest BCUT2D eigenvalue weighted by Gasteiger charge is -2.38. The second-order valence-corrected chi connectivity index (χ2v) is 11.2. The predicted octanol–water partition coefficient (Wildman–Crippen LogP) is 4.62. The maximum absolute atomic E-state index is 14.2. The Bertz CT molecular complexity index is 1760. The molecule has 0 radical (unpaired) electrons. The molecular formula is C28H25BrFN9O2. The Kier molecular flexibility index (Phi) is 6.18. The fourth-order valence-corrected chi connectivity index (χ4v) is 6.78. The van der Waals surface area contributed by atoms with Gasteiger partial charge in [0.1, 0.15) is 12.1 Å². The van der Waals surface area contributed by atoms with Gasteiger partial charge >= 0.3 is 0 Å². The Morgan fingerprint density at radius 3 is 2.59 bits per heavy atom. The first kappa shape index (κ1) is 25.6. The molecule has 2 saturated heterocycles. The molecule has 1 amide bonds. The smallest absolute Gasteiger partial charge is 0.292 e. The van der Waals surface area contributed by atoms with Gasteiger partial charge in [0.05, 0.1) is 29.2 Å². The number of nitrogen functional groups attached to an aromatic ring is 1. The summed E-state index contributed by atoms with van der Waals surface area (Å²) in [6, 6.07) is 8.68. The van der Waals surface area contributed by atoms with Crippen molar-refractivity contribution in [2.45, 2.75) is 43.7 Å². The number of rotatable bonds is 5. The van der Waals surface area contributed by atoms with E-state index in [0.29, 0.717) is 27.2 Å². The number of nitrogens with one attached hydrogen (secondary N) is 1. The standard InChI is InChI=1S/C28H25BrFN9O2/c1-41-22-7-3-14(10-20(22)30)21-6-2-15(11-32-21)19-12-35-39-25(31)23(29)24(36-27(19)39)16-8-17-4-5-18(9-16)38(17)28(40)26-33-13-34-37-26/h2-3,6-7,10-13,16-18H,4-5,8-9,31H2,1H3,(H,33,34,37)/t16-,17+,18-. The van der Waals surface area contributed by atoms with E-state index < -0.39 is 5.82 Å². The molecule has 208 valence electrons. The number of fused-ring (bicyclic) bond motifs is 3. The molecule has 2 aliphatic rings. The van der Waals surface area contributed by atoms with Gasteiger partial charge in [-0.05, 0) is 65.9 Å². The lowest BCUT2D eigenvalue weighted by molar-refractivity contribution is 0.0557. The van der Waals surface area contributed by atoms with E-state index in [2.05, 4.69) is 41.2 Å². The number of nitrogens with two attached hydrogens (primary N) is 1. The fourth-order valence-electron chi connectivity index (χ4n) is 6.20. The van der Waals surface area contributed by atoms with Crippen LogP contribution in [-0.4, -0.2) is 64.8 Å². The summed E-state index contributed by atoms with van der Waals surface area (Å²) in [7, 11) is 1.43. The molecule has 4 aromatic heterocycles. The number of hydrogen-bond donors (Lipinski definition) is 2. The number of benzene rings is 1. The number of ether oxygens (including phenoxy) is 1. The van der Waals surface area contributed by atoms with Crippen LogP contribution in [-0.2, 0) is 0 Å². The molecule has 6 heterocycles. The third-order valence-electron chi connectivity index (χ3n) is 8.14. The molecule has 13 heteroatoms. The average Bonchev–Trinajstić information content (AvgIpc) is 3.73. The first-order chi connectivity index (χ1) is 19.9. The topological polar surface area (TPSA) is 140 Å². The van der Waals surface area contributed by atoms with E-state index in [-0.39, 0.29) is 35.5 Å². The van der Waals surface area contributed by atoms with Gasteiger partial charge in [0.25, 0.3) is 5.91 Å². The van der Waals surface area contributed by atoms with Gasteiger partial charge in [-0.1, -0.05) is 6.07 Å². The number of amides is 1. The van der Waals surface area contributed by atoms with Crippen molar-refractivity contribution < 1.29 is 13.9 Å². The zero-order valence-electron chi connectivity index (χ0n) is 22.0. The van der Waals surface area contributed by atoms with Crippen molar-refractivity contribution in [1.82, 2.24) is 39.7 Å². The number of piperidine rings is 1. The zero-order valence-corrected chi connectivity index (χ0v) is 23.5. The minimum absolute atomic E-state index is 0.0893. The third kappa shape index (κ3) is 4.22. The van der Waals surface area contributed by atoms with Crippen LogP contribution in [0.4, 0.5) is 10.2 Å². The highest BCUT2D eigenvalue weighted by Crippen LogP contribution is 2.46. The number of carbonyl (C=O) groups excluding carboxylic acids is 1. The maximum Gasteiger partial charge on any atom is 0.292 e. The predicted molar refractivity (Wildman–Crippen MR) is 152 cm³/mol. The van der Waals surface area contributed by atoms with Crippen LogP contribution in [0.5, 0.6) is 5.75 Å². The number of nitrogens with zero attached hydrogens (tertiary/aromatic N) is 7. The minimum Gasteiger partial charge on any atom is -0.494 e. The van der Waals surface area contributed by atoms with Crippen molar-refractivity contribution in [1.29, 1.82) is 0 Å². The second kappa shape index (κ2) is 9.91. The Morgan fingerprint density at radius 2 is 1.93 bits per heavy atom. The summed E-state index contributed by atoms with van der Waals surface area (Å²) < 4.78 is 21.6. The van der Waals surface area contributed by atoms with Crippen molar-refractivity contribution in [3.8, 4) is 28.1 Å². The number of H-pyrrole nitrogens is 1. The fraction of sp³-hybridized carbons (Fsp3) is 0.286. The van der Waals surface area contributed by atoms with E-state index >= 15 is 0 Å². The van der Waals surface area contributed by atoms with Crippen LogP contribution in [0.25, 0.3) is 28.0 Å². The van der Waals surface area contributed by atoms with Crippen LogP contribution in [0.15, 0.2) is 53.5 Å². The lowest BCUT2D eigenvalue weighted by atomic mass is 9.87. The Morgan fingerprint density at radius 1 is 1.15 bits per heavy atom. The highest BCUT2D eigenvalue weighted by Gasteiger charge is 2.45. The Balaban J connectivity index is 1.20. The normalized spacial score (nSPS) is 20.1. The molecule has 2 bridgehead atoms. The molecule has 11 nitrogen and oxygen atoms in total. The van der Waals surface area contributed by atoms with Crippen molar-refractivity contribution in [2.75, 3.05) is 12.8 Å². The van der Waals surface area contributed by atoms with E-state index in [1.165, 1.54) is 19.5 Å². The highest BCUT2D eigenvalue weighted by molar-refractivity contribution is 9.10. The van der Waals surface area contributed by atoms with Crippen LogP contribution in [0.1, 0.15) is 47.9 Å². The molecule has 2 aliphatic heterocycles. The molecule has 0 saturated carbocycles. The Hall–Kier alpha value is -4.39. The van der Waals surface area contributed by atoms with E-state index in [1.54, 1.807) is 29.0 Å². The average molecular weight is 618 g/mol. The summed E-state index contributed by atoms with van der Waals surface area (Å²) in [6.45, 7) is 0. The van der Waals surface area contributed by atoms with E-state index in [9.17, 15) is 9.18 Å². The van der Waals surface area contributed by atoms with Crippen LogP contribution in [0.3, 0.4) is 0 Å². The second-order valence-electron chi connectivity index (χ2n) is 10.4. The number of aromatic amines is 1. The summed E-state index contributed by atoms with van der Waals surface area (Å²) in [6.07, 6.45) is 8.29. The minimum atomic E-state index is -0.446. The highest BCUT2D eigenvalue weighted by atomic mass is 79.9. The van der Waals surface area contributed by atoms with E-state index in [0.717, 1.165) is 42.5 Å². The van der Waals surface area contributed by atoms with Crippen molar-refractivity contribution >= 4 is 33.3 Å². The van der Waals surface area contributed by atoms with Gasteiger partial charge in [-0.25, -0.2) is 9.37 Å². The van der Waals surface area contributed by atoms with E-state index in [4.69, 9.17) is 15.5 Å². The van der Waals surface area contributed by atoms with Crippen molar-refractivity contribution in [3.05, 3.63) is 70.9 Å². The van der Waals surface area contributed by atoms with Crippen molar-refractivity contribution in [2.24, 2.45) is 0 Å². The first-order valence-electron chi connectivity index (χ1n) is 13.2. The number of anilines is 1. The van der Waals surface area contributed by atoms with Gasteiger partial charge in [0.15, 0.2) is 17.2 Å². The number of halogens is 2. The number of pyridine rings is 1. The first-order valence-corrected chi connectivity index (χ1v) is 14.0. The molecule has 3 N–H and O–H groups in total. The monoisotopic (exact) mass is 617 g/mol. The van der Waals surface area contributed by atoms with Gasteiger partial charge in [-0.15, -0.1) is 10.2 Å². The van der Waals surface area contributed by atoms with Crippen molar-refractivity contribution in [3.63, 3.8) is 0 Å². The largest absolute Gasteiger partial charge is 0.494 e. The zero-order chi connectivity index (χ0) is 28.2. The molecule has 7 rings (SSSR count). The van der Waals surface area contributed by atoms with E-state index in [1.807, 2.05) is 17.0 Å². The lowest BCUT2D eigenvalue weighted by Crippen LogP contribution is -2.46. The molecule has 0 unspecified atom stereocenters. The SMILES string of the molecule is COc1ccc(-c2ccc(-c3cnn4c(N)c(Br)c([C@H]5C[C@H]6CC[C@@H](C5)N6C(=O)c5nnc[nH]5)nc34)cn2)cc1F. The molecular weight excluding hydrogens is 593 g/mol. The van der Waals surface area contributed by atoms with Gasteiger partial charge in [0.2, 0.25) is 5.82 Å².